The fourth-order valence-corrected chi connectivity index (χ4v) is 3.99. The van der Waals surface area contributed by atoms with Gasteiger partial charge in [-0.05, 0) is 46.2 Å². The highest BCUT2D eigenvalue weighted by molar-refractivity contribution is 7.89. The molecule has 21 heavy (non-hydrogen) atoms. The molecule has 1 heterocycles. The van der Waals surface area contributed by atoms with Crippen molar-refractivity contribution in [1.82, 2.24) is 14.2 Å². The van der Waals surface area contributed by atoms with Crippen LogP contribution in [-0.2, 0) is 16.6 Å². The van der Waals surface area contributed by atoms with E-state index in [-0.39, 0.29) is 5.54 Å². The van der Waals surface area contributed by atoms with Gasteiger partial charge in [0.1, 0.15) is 4.90 Å². The summed E-state index contributed by atoms with van der Waals surface area (Å²) >= 11 is 0. The SMILES string of the molecule is CCC(C)(C)N(C)S(=O)(=O)c1cc(CNC)n(C2CC2)c1. The molecule has 0 amide bonds. The Kier molecular flexibility index (Phi) is 4.52. The molecule has 6 heteroatoms. The first kappa shape index (κ1) is 16.5. The molecule has 0 spiro atoms. The van der Waals surface area contributed by atoms with Gasteiger partial charge in [-0.2, -0.15) is 4.31 Å². The van der Waals surface area contributed by atoms with Gasteiger partial charge in [-0.25, -0.2) is 8.42 Å². The van der Waals surface area contributed by atoms with Crippen LogP contribution < -0.4 is 5.32 Å². The Balaban J connectivity index is 2.38. The number of aromatic nitrogens is 1. The number of rotatable bonds is 7. The van der Waals surface area contributed by atoms with Crippen LogP contribution in [0.5, 0.6) is 0 Å². The van der Waals surface area contributed by atoms with Gasteiger partial charge < -0.3 is 9.88 Å². The van der Waals surface area contributed by atoms with E-state index >= 15 is 0 Å². The number of hydrogen-bond acceptors (Lipinski definition) is 3. The summed E-state index contributed by atoms with van der Waals surface area (Å²) in [6, 6.07) is 2.29. The van der Waals surface area contributed by atoms with Crippen molar-refractivity contribution >= 4 is 10.0 Å². The molecule has 2 rings (SSSR count). The maximum Gasteiger partial charge on any atom is 0.244 e. The minimum Gasteiger partial charge on any atom is -0.346 e. The van der Waals surface area contributed by atoms with Crippen molar-refractivity contribution in [1.29, 1.82) is 0 Å². The molecule has 0 atom stereocenters. The van der Waals surface area contributed by atoms with Crippen molar-refractivity contribution in [3.63, 3.8) is 0 Å². The first-order chi connectivity index (χ1) is 9.74. The van der Waals surface area contributed by atoms with Crippen LogP contribution in [0.4, 0.5) is 0 Å². The van der Waals surface area contributed by atoms with Crippen LogP contribution in [0, 0.1) is 0 Å². The number of nitrogens with zero attached hydrogens (tertiary/aromatic N) is 2. The third-order valence-electron chi connectivity index (χ3n) is 4.58. The standard InChI is InChI=1S/C15H27N3O2S/c1-6-15(2,3)17(5)21(19,20)14-9-13(10-16-4)18(11-14)12-7-8-12/h9,11-12,16H,6-8,10H2,1-5H3. The van der Waals surface area contributed by atoms with Crippen LogP contribution in [0.25, 0.3) is 0 Å². The van der Waals surface area contributed by atoms with Gasteiger partial charge in [0.25, 0.3) is 0 Å². The normalized spacial score (nSPS) is 16.7. The highest BCUT2D eigenvalue weighted by Crippen LogP contribution is 2.38. The smallest absolute Gasteiger partial charge is 0.244 e. The van der Waals surface area contributed by atoms with Crippen molar-refractivity contribution in [2.24, 2.45) is 0 Å². The molecular formula is C15H27N3O2S. The van der Waals surface area contributed by atoms with Crippen molar-refractivity contribution in [2.45, 2.75) is 63.1 Å². The summed E-state index contributed by atoms with van der Waals surface area (Å²) in [5.74, 6) is 0. The van der Waals surface area contributed by atoms with E-state index in [1.54, 1.807) is 7.05 Å². The van der Waals surface area contributed by atoms with E-state index in [1.807, 2.05) is 40.1 Å². The average Bonchev–Trinajstić information content (AvgIpc) is 3.19. The van der Waals surface area contributed by atoms with E-state index in [4.69, 9.17) is 0 Å². The molecule has 5 nitrogen and oxygen atoms in total. The van der Waals surface area contributed by atoms with E-state index in [1.165, 1.54) is 4.31 Å². The van der Waals surface area contributed by atoms with Gasteiger partial charge in [0.15, 0.2) is 0 Å². The second-order valence-electron chi connectivity index (χ2n) is 6.47. The summed E-state index contributed by atoms with van der Waals surface area (Å²) in [6.45, 7) is 6.61. The summed E-state index contributed by atoms with van der Waals surface area (Å²) in [5.41, 5.74) is 0.658. The summed E-state index contributed by atoms with van der Waals surface area (Å²) in [6.07, 6.45) is 4.86. The van der Waals surface area contributed by atoms with Crippen molar-refractivity contribution in [3.8, 4) is 0 Å². The van der Waals surface area contributed by atoms with Gasteiger partial charge in [-0.3, -0.25) is 0 Å². The molecule has 120 valence electrons. The van der Waals surface area contributed by atoms with E-state index in [2.05, 4.69) is 9.88 Å². The molecule has 1 aromatic rings. The fourth-order valence-electron chi connectivity index (χ4n) is 2.36. The Morgan fingerprint density at radius 3 is 2.52 bits per heavy atom. The Morgan fingerprint density at radius 1 is 1.43 bits per heavy atom. The molecule has 1 aliphatic carbocycles. The summed E-state index contributed by atoms with van der Waals surface area (Å²) in [5, 5.41) is 3.11. The molecular weight excluding hydrogens is 286 g/mol. The number of hydrogen-bond donors (Lipinski definition) is 1. The monoisotopic (exact) mass is 313 g/mol. The van der Waals surface area contributed by atoms with Crippen molar-refractivity contribution < 1.29 is 8.42 Å². The van der Waals surface area contributed by atoms with Gasteiger partial charge in [-0.15, -0.1) is 0 Å². The average molecular weight is 313 g/mol. The molecule has 0 aromatic carbocycles. The highest BCUT2D eigenvalue weighted by atomic mass is 32.2. The van der Waals surface area contributed by atoms with Gasteiger partial charge in [0.05, 0.1) is 0 Å². The molecule has 0 radical (unpaired) electrons. The van der Waals surface area contributed by atoms with E-state index < -0.39 is 10.0 Å². The number of sulfonamides is 1. The lowest BCUT2D eigenvalue weighted by Crippen LogP contribution is -2.44. The highest BCUT2D eigenvalue weighted by Gasteiger charge is 2.35. The lowest BCUT2D eigenvalue weighted by molar-refractivity contribution is 0.257. The van der Waals surface area contributed by atoms with Crippen LogP contribution in [-0.4, -0.2) is 36.9 Å². The maximum atomic E-state index is 12.8. The lowest BCUT2D eigenvalue weighted by Gasteiger charge is -2.33. The number of nitrogens with one attached hydrogen (secondary N) is 1. The van der Waals surface area contributed by atoms with Gasteiger partial charge >= 0.3 is 0 Å². The molecule has 0 bridgehead atoms. The van der Waals surface area contributed by atoms with Crippen molar-refractivity contribution in [2.75, 3.05) is 14.1 Å². The first-order valence-electron chi connectivity index (χ1n) is 7.58. The molecule has 1 aliphatic rings. The Morgan fingerprint density at radius 2 is 2.05 bits per heavy atom. The van der Waals surface area contributed by atoms with Crippen LogP contribution >= 0.6 is 0 Å². The molecule has 1 N–H and O–H groups in total. The summed E-state index contributed by atoms with van der Waals surface area (Å²) < 4.78 is 29.3. The third-order valence-corrected chi connectivity index (χ3v) is 6.62. The molecule has 1 fully saturated rings. The maximum absolute atomic E-state index is 12.8. The fraction of sp³-hybridized carbons (Fsp3) is 0.733. The zero-order valence-electron chi connectivity index (χ0n) is 13.7. The van der Waals surface area contributed by atoms with Gasteiger partial charge in [-0.1, -0.05) is 6.92 Å². The first-order valence-corrected chi connectivity index (χ1v) is 9.02. The third kappa shape index (κ3) is 3.17. The van der Waals surface area contributed by atoms with E-state index in [0.717, 1.165) is 25.0 Å². The quantitative estimate of drug-likeness (QED) is 0.841. The minimum absolute atomic E-state index is 0.385. The lowest BCUT2D eigenvalue weighted by atomic mass is 10.0. The predicted molar refractivity (Wildman–Crippen MR) is 84.8 cm³/mol. The Labute approximate surface area is 128 Å². The minimum atomic E-state index is -3.45. The Hall–Kier alpha value is -0.850. The van der Waals surface area contributed by atoms with E-state index in [9.17, 15) is 8.42 Å². The zero-order chi connectivity index (χ0) is 15.8. The topological polar surface area (TPSA) is 54.3 Å². The second kappa shape index (κ2) is 5.74. The molecule has 1 aromatic heterocycles. The van der Waals surface area contributed by atoms with Gasteiger partial charge in [0.2, 0.25) is 10.0 Å². The van der Waals surface area contributed by atoms with Gasteiger partial charge in [0, 0.05) is 37.1 Å². The summed E-state index contributed by atoms with van der Waals surface area (Å²) in [7, 11) is 0.102. The second-order valence-corrected chi connectivity index (χ2v) is 8.44. The molecule has 0 saturated heterocycles. The largest absolute Gasteiger partial charge is 0.346 e. The molecule has 1 saturated carbocycles. The molecule has 0 aliphatic heterocycles. The zero-order valence-corrected chi connectivity index (χ0v) is 14.5. The van der Waals surface area contributed by atoms with Crippen molar-refractivity contribution in [3.05, 3.63) is 18.0 Å². The van der Waals surface area contributed by atoms with Crippen LogP contribution in [0.15, 0.2) is 17.2 Å². The van der Waals surface area contributed by atoms with Crippen LogP contribution in [0.1, 0.15) is 51.8 Å². The molecule has 0 unspecified atom stereocenters. The van der Waals surface area contributed by atoms with E-state index in [0.29, 0.717) is 17.5 Å². The van der Waals surface area contributed by atoms with Crippen LogP contribution in [0.2, 0.25) is 0 Å². The predicted octanol–water partition coefficient (Wildman–Crippen LogP) is 2.35. The Bertz CT molecular complexity index is 600. The van der Waals surface area contributed by atoms with Crippen LogP contribution in [0.3, 0.4) is 0 Å². The summed E-state index contributed by atoms with van der Waals surface area (Å²) in [4.78, 5) is 0.406.